The van der Waals surface area contributed by atoms with Gasteiger partial charge in [-0.25, -0.2) is 9.67 Å². The molecule has 0 amide bonds. The van der Waals surface area contributed by atoms with E-state index in [1.54, 1.807) is 18.8 Å². The number of methoxy groups -OCH3 is 1. The van der Waals surface area contributed by atoms with E-state index in [1.165, 1.54) is 6.33 Å². The Morgan fingerprint density at radius 3 is 3.06 bits per heavy atom. The van der Waals surface area contributed by atoms with Crippen LogP contribution in [0.3, 0.4) is 0 Å². The van der Waals surface area contributed by atoms with Crippen molar-refractivity contribution < 1.29 is 4.74 Å². The minimum Gasteiger partial charge on any atom is -0.481 e. The molecule has 8 heteroatoms. The average molecular weight is 361 g/mol. The van der Waals surface area contributed by atoms with Gasteiger partial charge in [-0.15, -0.1) is 0 Å². The molecular weight excluding hydrogens is 349 g/mol. The van der Waals surface area contributed by atoms with Gasteiger partial charge in [-0.1, -0.05) is 0 Å². The number of nitrogens with one attached hydrogen (secondary N) is 2. The number of anilines is 1. The van der Waals surface area contributed by atoms with Gasteiger partial charge in [0.2, 0.25) is 5.88 Å². The van der Waals surface area contributed by atoms with Crippen LogP contribution in [0.2, 0.25) is 0 Å². The van der Waals surface area contributed by atoms with E-state index in [0.29, 0.717) is 21.8 Å². The van der Waals surface area contributed by atoms with Crippen LogP contribution in [-0.4, -0.2) is 26.9 Å². The number of aryl methyl sites for hydroxylation is 1. The highest BCUT2D eigenvalue weighted by Crippen LogP contribution is 2.14. The first-order valence-corrected chi connectivity index (χ1v) is 6.23. The minimum absolute atomic E-state index is 0.160. The molecule has 7 nitrogen and oxygen atoms in total. The Morgan fingerprint density at radius 1 is 1.61 bits per heavy atom. The normalized spacial score (nSPS) is 10.4. The van der Waals surface area contributed by atoms with Crippen molar-refractivity contribution in [1.82, 2.24) is 19.7 Å². The summed E-state index contributed by atoms with van der Waals surface area (Å²) in [6.45, 7) is 0.476. The molecule has 0 aliphatic rings. The molecule has 0 fully saturated rings. The SMILES string of the molecule is COc1cc(CNc2nc[nH]c(=O)c2I)nn1C. The molecule has 2 N–H and O–H groups in total. The first-order valence-electron chi connectivity index (χ1n) is 5.15. The van der Waals surface area contributed by atoms with Crippen molar-refractivity contribution in [3.63, 3.8) is 0 Å². The predicted molar refractivity (Wildman–Crippen MR) is 74.7 cm³/mol. The largest absolute Gasteiger partial charge is 0.481 e. The minimum atomic E-state index is -0.160. The smallest absolute Gasteiger partial charge is 0.266 e. The second-order valence-corrected chi connectivity index (χ2v) is 4.63. The van der Waals surface area contributed by atoms with E-state index in [2.05, 4.69) is 20.4 Å². The Balaban J connectivity index is 2.11. The number of H-pyrrole nitrogens is 1. The van der Waals surface area contributed by atoms with Gasteiger partial charge in [0.25, 0.3) is 5.56 Å². The topological polar surface area (TPSA) is 84.8 Å². The van der Waals surface area contributed by atoms with Gasteiger partial charge in [-0.05, 0) is 22.6 Å². The van der Waals surface area contributed by atoms with Gasteiger partial charge in [-0.2, -0.15) is 5.10 Å². The van der Waals surface area contributed by atoms with Crippen LogP contribution in [0, 0.1) is 3.57 Å². The molecule has 0 aromatic carbocycles. The fourth-order valence-corrected chi connectivity index (χ4v) is 1.95. The molecule has 0 aliphatic heterocycles. The summed E-state index contributed by atoms with van der Waals surface area (Å²) < 4.78 is 7.29. The van der Waals surface area contributed by atoms with E-state index >= 15 is 0 Å². The monoisotopic (exact) mass is 361 g/mol. The Labute approximate surface area is 117 Å². The summed E-state index contributed by atoms with van der Waals surface area (Å²) in [5, 5.41) is 7.33. The number of hydrogen-bond acceptors (Lipinski definition) is 5. The van der Waals surface area contributed by atoms with E-state index < -0.39 is 0 Å². The van der Waals surface area contributed by atoms with Gasteiger partial charge in [0.05, 0.1) is 25.7 Å². The van der Waals surface area contributed by atoms with Crippen LogP contribution in [-0.2, 0) is 13.6 Å². The zero-order valence-corrected chi connectivity index (χ0v) is 12.1. The predicted octanol–water partition coefficient (Wildman–Crippen LogP) is 0.729. The Bertz CT molecular complexity index is 607. The van der Waals surface area contributed by atoms with Crippen LogP contribution in [0.25, 0.3) is 0 Å². The van der Waals surface area contributed by atoms with E-state index in [0.717, 1.165) is 5.69 Å². The van der Waals surface area contributed by atoms with E-state index in [9.17, 15) is 4.79 Å². The van der Waals surface area contributed by atoms with Gasteiger partial charge < -0.3 is 15.0 Å². The summed E-state index contributed by atoms with van der Waals surface area (Å²) >= 11 is 1.95. The van der Waals surface area contributed by atoms with Gasteiger partial charge >= 0.3 is 0 Å². The molecule has 2 aromatic rings. The van der Waals surface area contributed by atoms with Crippen molar-refractivity contribution in [2.75, 3.05) is 12.4 Å². The second kappa shape index (κ2) is 5.38. The quantitative estimate of drug-likeness (QED) is 0.785. The molecule has 18 heavy (non-hydrogen) atoms. The summed E-state index contributed by atoms with van der Waals surface area (Å²) in [5.41, 5.74) is 0.652. The van der Waals surface area contributed by atoms with Gasteiger partial charge in [-0.3, -0.25) is 4.79 Å². The molecule has 2 rings (SSSR count). The van der Waals surface area contributed by atoms with Crippen LogP contribution in [0.15, 0.2) is 17.2 Å². The number of ether oxygens (including phenoxy) is 1. The van der Waals surface area contributed by atoms with Crippen LogP contribution in [0.5, 0.6) is 5.88 Å². The zero-order valence-electron chi connectivity index (χ0n) is 9.90. The highest BCUT2D eigenvalue weighted by Gasteiger charge is 2.07. The fourth-order valence-electron chi connectivity index (χ4n) is 1.46. The van der Waals surface area contributed by atoms with Gasteiger partial charge in [0.1, 0.15) is 9.39 Å². The van der Waals surface area contributed by atoms with Crippen molar-refractivity contribution in [3.05, 3.63) is 32.0 Å². The highest BCUT2D eigenvalue weighted by atomic mass is 127. The molecule has 2 heterocycles. The molecule has 0 bridgehead atoms. The summed E-state index contributed by atoms with van der Waals surface area (Å²) in [6, 6.07) is 1.83. The molecule has 96 valence electrons. The third kappa shape index (κ3) is 2.63. The number of hydrogen-bond donors (Lipinski definition) is 2. The highest BCUT2D eigenvalue weighted by molar-refractivity contribution is 14.1. The lowest BCUT2D eigenvalue weighted by atomic mass is 10.4. The molecule has 0 saturated carbocycles. The lowest BCUT2D eigenvalue weighted by molar-refractivity contribution is 0.373. The van der Waals surface area contributed by atoms with E-state index in [-0.39, 0.29) is 5.56 Å². The first kappa shape index (κ1) is 12.9. The molecule has 0 unspecified atom stereocenters. The standard InChI is InChI=1S/C10H12IN5O2/c1-16-7(18-2)3-6(15-16)4-12-9-8(11)10(17)14-5-13-9/h3,5H,4H2,1-2H3,(H2,12,13,14,17). The maximum absolute atomic E-state index is 11.4. The fraction of sp³-hybridized carbons (Fsp3) is 0.300. The van der Waals surface area contributed by atoms with Crippen LogP contribution >= 0.6 is 22.6 Å². The Morgan fingerprint density at radius 2 is 2.39 bits per heavy atom. The summed E-state index contributed by atoms with van der Waals surface area (Å²) in [7, 11) is 3.40. The maximum Gasteiger partial charge on any atom is 0.266 e. The van der Waals surface area contributed by atoms with Crippen LogP contribution in [0.1, 0.15) is 5.69 Å². The third-order valence-electron chi connectivity index (χ3n) is 2.33. The number of aromatic nitrogens is 4. The number of rotatable bonds is 4. The number of halogens is 1. The molecular formula is C10H12IN5O2. The third-order valence-corrected chi connectivity index (χ3v) is 3.33. The average Bonchev–Trinajstić information content (AvgIpc) is 2.72. The lowest BCUT2D eigenvalue weighted by Crippen LogP contribution is -2.14. The van der Waals surface area contributed by atoms with Crippen molar-refractivity contribution in [1.29, 1.82) is 0 Å². The van der Waals surface area contributed by atoms with Crippen molar-refractivity contribution in [3.8, 4) is 5.88 Å². The van der Waals surface area contributed by atoms with Crippen LogP contribution < -0.4 is 15.6 Å². The van der Waals surface area contributed by atoms with Crippen molar-refractivity contribution in [2.24, 2.45) is 7.05 Å². The van der Waals surface area contributed by atoms with Gasteiger partial charge in [0.15, 0.2) is 0 Å². The number of nitrogens with zero attached hydrogens (tertiary/aromatic N) is 3. The zero-order chi connectivity index (χ0) is 13.1. The Kier molecular flexibility index (Phi) is 3.84. The maximum atomic E-state index is 11.4. The van der Waals surface area contributed by atoms with E-state index in [4.69, 9.17) is 4.74 Å². The van der Waals surface area contributed by atoms with Crippen molar-refractivity contribution in [2.45, 2.75) is 6.54 Å². The number of aromatic amines is 1. The lowest BCUT2D eigenvalue weighted by Gasteiger charge is -2.03. The summed E-state index contributed by atoms with van der Waals surface area (Å²) in [5.74, 6) is 1.23. The molecule has 0 saturated heterocycles. The molecule has 2 aromatic heterocycles. The summed E-state index contributed by atoms with van der Waals surface area (Å²) in [4.78, 5) is 17.9. The summed E-state index contributed by atoms with van der Waals surface area (Å²) in [6.07, 6.45) is 1.37. The van der Waals surface area contributed by atoms with Gasteiger partial charge in [0, 0.05) is 13.1 Å². The molecule has 0 spiro atoms. The second-order valence-electron chi connectivity index (χ2n) is 3.55. The molecule has 0 radical (unpaired) electrons. The molecule has 0 aliphatic carbocycles. The first-order chi connectivity index (χ1) is 8.61. The molecule has 0 atom stereocenters. The van der Waals surface area contributed by atoms with E-state index in [1.807, 2.05) is 28.7 Å². The van der Waals surface area contributed by atoms with Crippen molar-refractivity contribution >= 4 is 28.4 Å². The Hall–Kier alpha value is -1.58. The van der Waals surface area contributed by atoms with Crippen LogP contribution in [0.4, 0.5) is 5.82 Å².